The maximum Gasteiger partial charge on any atom is 0.229 e. The number of piperidine rings is 1. The Balaban J connectivity index is 1.64. The molecule has 1 saturated heterocycles. The number of carbonyl (C=O) groups is 1. The van der Waals surface area contributed by atoms with Crippen LogP contribution in [0.15, 0.2) is 54.6 Å². The molecule has 2 heteroatoms. The molecule has 2 aromatic carbocycles. The molecule has 0 spiro atoms. The third-order valence-electron chi connectivity index (χ3n) is 5.66. The van der Waals surface area contributed by atoms with Crippen molar-refractivity contribution in [3.05, 3.63) is 71.3 Å². The molecule has 2 nitrogen and oxygen atoms in total. The fraction of sp³-hybridized carbons (Fsp3) is 0.480. The van der Waals surface area contributed by atoms with Crippen LogP contribution in [0.5, 0.6) is 0 Å². The van der Waals surface area contributed by atoms with Gasteiger partial charge in [-0.25, -0.2) is 0 Å². The summed E-state index contributed by atoms with van der Waals surface area (Å²) in [5.41, 5.74) is 3.87. The highest BCUT2D eigenvalue weighted by atomic mass is 16.2. The average Bonchev–Trinajstić information content (AvgIpc) is 2.67. The van der Waals surface area contributed by atoms with Crippen LogP contribution < -0.4 is 0 Å². The third kappa shape index (κ3) is 5.45. The van der Waals surface area contributed by atoms with E-state index in [-0.39, 0.29) is 11.8 Å². The lowest BCUT2D eigenvalue weighted by atomic mass is 9.89. The Morgan fingerprint density at radius 3 is 2.52 bits per heavy atom. The predicted molar refractivity (Wildman–Crippen MR) is 113 cm³/mol. The quantitative estimate of drug-likeness (QED) is 0.666. The summed E-state index contributed by atoms with van der Waals surface area (Å²) < 4.78 is 0. The van der Waals surface area contributed by atoms with Crippen LogP contribution in [0, 0.1) is 11.8 Å². The number of likely N-dealkylation sites (tertiary alicyclic amines) is 1. The summed E-state index contributed by atoms with van der Waals surface area (Å²) in [7, 11) is 0. The predicted octanol–water partition coefficient (Wildman–Crippen LogP) is 5.47. The van der Waals surface area contributed by atoms with Gasteiger partial charge < -0.3 is 4.90 Å². The lowest BCUT2D eigenvalue weighted by molar-refractivity contribution is -0.134. The van der Waals surface area contributed by atoms with Crippen LogP contribution in [-0.2, 0) is 17.6 Å². The van der Waals surface area contributed by atoms with E-state index in [1.54, 1.807) is 0 Å². The van der Waals surface area contributed by atoms with Gasteiger partial charge in [-0.1, -0.05) is 68.4 Å². The first-order chi connectivity index (χ1) is 13.0. The minimum absolute atomic E-state index is 0.0624. The van der Waals surface area contributed by atoms with Gasteiger partial charge in [-0.05, 0) is 61.1 Å². The number of amides is 1. The topological polar surface area (TPSA) is 20.3 Å². The van der Waals surface area contributed by atoms with Gasteiger partial charge in [-0.2, -0.15) is 0 Å². The molecule has 3 rings (SSSR count). The van der Waals surface area contributed by atoms with Crippen LogP contribution in [-0.4, -0.2) is 23.9 Å². The van der Waals surface area contributed by atoms with Crippen LogP contribution in [0.4, 0.5) is 0 Å². The van der Waals surface area contributed by atoms with Crippen molar-refractivity contribution < 1.29 is 4.79 Å². The van der Waals surface area contributed by atoms with Crippen molar-refractivity contribution in [2.24, 2.45) is 11.8 Å². The van der Waals surface area contributed by atoms with Gasteiger partial charge in [0.05, 0.1) is 5.92 Å². The SMILES string of the molecule is CC(C)Cc1cccc(C(C)C(=O)N2CCCC(Cc3ccccc3)C2)c1. The van der Waals surface area contributed by atoms with Gasteiger partial charge in [0.1, 0.15) is 0 Å². The summed E-state index contributed by atoms with van der Waals surface area (Å²) in [6.45, 7) is 8.34. The number of hydrogen-bond acceptors (Lipinski definition) is 1. The number of benzene rings is 2. The van der Waals surface area contributed by atoms with Crippen molar-refractivity contribution in [1.29, 1.82) is 0 Å². The zero-order chi connectivity index (χ0) is 19.2. The minimum atomic E-state index is -0.0624. The van der Waals surface area contributed by atoms with E-state index in [0.29, 0.717) is 11.8 Å². The van der Waals surface area contributed by atoms with E-state index >= 15 is 0 Å². The highest BCUT2D eigenvalue weighted by Gasteiger charge is 2.27. The zero-order valence-corrected chi connectivity index (χ0v) is 17.0. The summed E-state index contributed by atoms with van der Waals surface area (Å²) in [5, 5.41) is 0. The molecular weight excluding hydrogens is 330 g/mol. The van der Waals surface area contributed by atoms with Gasteiger partial charge in [0.15, 0.2) is 0 Å². The maximum absolute atomic E-state index is 13.2. The molecule has 1 aliphatic heterocycles. The summed E-state index contributed by atoms with van der Waals surface area (Å²) in [6.07, 6.45) is 4.47. The van der Waals surface area contributed by atoms with E-state index in [1.807, 2.05) is 0 Å². The Morgan fingerprint density at radius 2 is 1.78 bits per heavy atom. The van der Waals surface area contributed by atoms with E-state index in [0.717, 1.165) is 37.9 Å². The fourth-order valence-corrected chi connectivity index (χ4v) is 4.26. The molecular formula is C25H33NO. The molecule has 0 aliphatic carbocycles. The van der Waals surface area contributed by atoms with Crippen LogP contribution in [0.3, 0.4) is 0 Å². The van der Waals surface area contributed by atoms with E-state index in [2.05, 4.69) is 80.3 Å². The molecule has 1 amide bonds. The van der Waals surface area contributed by atoms with Crippen molar-refractivity contribution in [2.45, 2.75) is 52.4 Å². The first-order valence-electron chi connectivity index (χ1n) is 10.4. The molecule has 2 atom stereocenters. The van der Waals surface area contributed by atoms with E-state index < -0.39 is 0 Å². The summed E-state index contributed by atoms with van der Waals surface area (Å²) in [4.78, 5) is 15.3. The normalized spacial score (nSPS) is 18.5. The van der Waals surface area contributed by atoms with Crippen LogP contribution >= 0.6 is 0 Å². The van der Waals surface area contributed by atoms with Crippen molar-refractivity contribution in [3.8, 4) is 0 Å². The second-order valence-electron chi connectivity index (χ2n) is 8.55. The molecule has 0 saturated carbocycles. The molecule has 0 radical (unpaired) electrons. The number of carbonyl (C=O) groups excluding carboxylic acids is 1. The monoisotopic (exact) mass is 363 g/mol. The van der Waals surface area contributed by atoms with Crippen molar-refractivity contribution in [1.82, 2.24) is 4.90 Å². The number of rotatable bonds is 6. The highest BCUT2D eigenvalue weighted by molar-refractivity contribution is 5.83. The standard InChI is InChI=1S/C25H33NO/c1-19(2)15-22-11-7-13-24(17-22)20(3)25(27)26-14-8-12-23(18-26)16-21-9-5-4-6-10-21/h4-7,9-11,13,17,19-20,23H,8,12,14-16,18H2,1-3H3. The van der Waals surface area contributed by atoms with Gasteiger partial charge in [-0.15, -0.1) is 0 Å². The Kier molecular flexibility index (Phi) is 6.71. The van der Waals surface area contributed by atoms with Gasteiger partial charge in [0, 0.05) is 13.1 Å². The Labute approximate surface area is 164 Å². The van der Waals surface area contributed by atoms with E-state index in [9.17, 15) is 4.79 Å². The van der Waals surface area contributed by atoms with Crippen molar-refractivity contribution in [3.63, 3.8) is 0 Å². The largest absolute Gasteiger partial charge is 0.342 e. The zero-order valence-electron chi connectivity index (χ0n) is 17.0. The first kappa shape index (κ1) is 19.7. The maximum atomic E-state index is 13.2. The molecule has 0 N–H and O–H groups in total. The van der Waals surface area contributed by atoms with E-state index in [4.69, 9.17) is 0 Å². The first-order valence-corrected chi connectivity index (χ1v) is 10.4. The number of hydrogen-bond donors (Lipinski definition) is 0. The Hall–Kier alpha value is -2.09. The molecule has 0 aromatic heterocycles. The molecule has 1 heterocycles. The molecule has 0 bridgehead atoms. The highest BCUT2D eigenvalue weighted by Crippen LogP contribution is 2.26. The van der Waals surface area contributed by atoms with Gasteiger partial charge >= 0.3 is 0 Å². The average molecular weight is 364 g/mol. The van der Waals surface area contributed by atoms with Gasteiger partial charge in [0.25, 0.3) is 0 Å². The Bertz CT molecular complexity index is 737. The lowest BCUT2D eigenvalue weighted by Crippen LogP contribution is -2.42. The smallest absolute Gasteiger partial charge is 0.229 e. The molecule has 2 unspecified atom stereocenters. The van der Waals surface area contributed by atoms with E-state index in [1.165, 1.54) is 17.5 Å². The molecule has 2 aromatic rings. The summed E-state index contributed by atoms with van der Waals surface area (Å²) >= 11 is 0. The van der Waals surface area contributed by atoms with Crippen LogP contribution in [0.2, 0.25) is 0 Å². The van der Waals surface area contributed by atoms with Gasteiger partial charge in [0.2, 0.25) is 5.91 Å². The van der Waals surface area contributed by atoms with Crippen LogP contribution in [0.25, 0.3) is 0 Å². The second-order valence-corrected chi connectivity index (χ2v) is 8.55. The molecule has 27 heavy (non-hydrogen) atoms. The second kappa shape index (κ2) is 9.21. The summed E-state index contributed by atoms with van der Waals surface area (Å²) in [6, 6.07) is 19.3. The fourth-order valence-electron chi connectivity index (χ4n) is 4.26. The van der Waals surface area contributed by atoms with Crippen molar-refractivity contribution in [2.75, 3.05) is 13.1 Å². The van der Waals surface area contributed by atoms with Crippen LogP contribution in [0.1, 0.15) is 56.2 Å². The Morgan fingerprint density at radius 1 is 1.04 bits per heavy atom. The number of nitrogens with zero attached hydrogens (tertiary/aromatic N) is 1. The molecule has 144 valence electrons. The molecule has 1 aliphatic rings. The van der Waals surface area contributed by atoms with Crippen molar-refractivity contribution >= 4 is 5.91 Å². The van der Waals surface area contributed by atoms with Gasteiger partial charge in [-0.3, -0.25) is 4.79 Å². The summed E-state index contributed by atoms with van der Waals surface area (Å²) in [5.74, 6) is 1.43. The lowest BCUT2D eigenvalue weighted by Gasteiger charge is -2.34. The third-order valence-corrected chi connectivity index (χ3v) is 5.66. The molecule has 1 fully saturated rings. The minimum Gasteiger partial charge on any atom is -0.342 e.